The molecule has 0 saturated carbocycles. The Hall–Kier alpha value is -1.09. The van der Waals surface area contributed by atoms with Gasteiger partial charge in [-0.1, -0.05) is 6.07 Å². The molecule has 2 heterocycles. The average Bonchev–Trinajstić information content (AvgIpc) is 2.19. The molecule has 14 heavy (non-hydrogen) atoms. The smallest absolute Gasteiger partial charge is 0.127 e. The first kappa shape index (κ1) is 9.46. The minimum Gasteiger partial charge on any atom is -0.383 e. The van der Waals surface area contributed by atoms with Crippen molar-refractivity contribution in [2.24, 2.45) is 0 Å². The Morgan fingerprint density at radius 3 is 2.71 bits per heavy atom. The van der Waals surface area contributed by atoms with Gasteiger partial charge in [0.15, 0.2) is 0 Å². The summed E-state index contributed by atoms with van der Waals surface area (Å²) in [5.41, 5.74) is 8.15. The van der Waals surface area contributed by atoms with Crippen molar-refractivity contribution in [1.29, 1.82) is 0 Å². The maximum absolute atomic E-state index is 5.92. The summed E-state index contributed by atoms with van der Waals surface area (Å²) in [4.78, 5) is 4.31. The van der Waals surface area contributed by atoms with Crippen LogP contribution in [0.5, 0.6) is 0 Å². The van der Waals surface area contributed by atoms with E-state index in [-0.39, 0.29) is 0 Å². The molecule has 1 saturated heterocycles. The Morgan fingerprint density at radius 2 is 2.07 bits per heavy atom. The summed E-state index contributed by atoms with van der Waals surface area (Å²) < 4.78 is 0. The first-order valence-electron chi connectivity index (χ1n) is 5.21. The van der Waals surface area contributed by atoms with E-state index in [4.69, 9.17) is 5.73 Å². The van der Waals surface area contributed by atoms with Crippen LogP contribution in [-0.2, 0) is 0 Å². The van der Waals surface area contributed by atoms with Crippen LogP contribution < -0.4 is 11.1 Å². The standard InChI is InChI=1S/C11H17N3/c1-8-2-3-10(11(12)14-8)9-4-6-13-7-5-9/h2-3,9,13H,4-7H2,1H3,(H2,12,14). The van der Waals surface area contributed by atoms with E-state index in [1.54, 1.807) is 0 Å². The highest BCUT2D eigenvalue weighted by atomic mass is 14.9. The highest BCUT2D eigenvalue weighted by molar-refractivity contribution is 5.42. The van der Waals surface area contributed by atoms with Gasteiger partial charge in [-0.2, -0.15) is 0 Å². The lowest BCUT2D eigenvalue weighted by Gasteiger charge is -2.23. The van der Waals surface area contributed by atoms with Crippen molar-refractivity contribution < 1.29 is 0 Å². The molecule has 76 valence electrons. The van der Waals surface area contributed by atoms with E-state index in [9.17, 15) is 0 Å². The highest BCUT2D eigenvalue weighted by Gasteiger charge is 2.17. The van der Waals surface area contributed by atoms with Crippen LogP contribution in [0.25, 0.3) is 0 Å². The summed E-state index contributed by atoms with van der Waals surface area (Å²) >= 11 is 0. The number of piperidine rings is 1. The van der Waals surface area contributed by atoms with Crippen LogP contribution in [0.4, 0.5) is 5.82 Å². The number of hydrogen-bond donors (Lipinski definition) is 2. The molecule has 0 bridgehead atoms. The van der Waals surface area contributed by atoms with Gasteiger partial charge < -0.3 is 11.1 Å². The van der Waals surface area contributed by atoms with Gasteiger partial charge in [0.2, 0.25) is 0 Å². The van der Waals surface area contributed by atoms with Gasteiger partial charge in [-0.05, 0) is 50.4 Å². The van der Waals surface area contributed by atoms with Gasteiger partial charge in [0, 0.05) is 5.69 Å². The summed E-state index contributed by atoms with van der Waals surface area (Å²) in [5.74, 6) is 1.32. The second-order valence-electron chi connectivity index (χ2n) is 3.95. The highest BCUT2D eigenvalue weighted by Crippen LogP contribution is 2.28. The van der Waals surface area contributed by atoms with Crippen molar-refractivity contribution in [2.75, 3.05) is 18.8 Å². The molecule has 1 aromatic rings. The van der Waals surface area contributed by atoms with Crippen LogP contribution in [0.3, 0.4) is 0 Å². The average molecular weight is 191 g/mol. The van der Waals surface area contributed by atoms with Crippen LogP contribution in [0, 0.1) is 6.92 Å². The Balaban J connectivity index is 2.22. The maximum Gasteiger partial charge on any atom is 0.127 e. The molecular weight excluding hydrogens is 174 g/mol. The number of nitrogens with zero attached hydrogens (tertiary/aromatic N) is 1. The molecule has 1 aromatic heterocycles. The topological polar surface area (TPSA) is 50.9 Å². The number of rotatable bonds is 1. The quantitative estimate of drug-likeness (QED) is 0.706. The van der Waals surface area contributed by atoms with Gasteiger partial charge >= 0.3 is 0 Å². The fourth-order valence-corrected chi connectivity index (χ4v) is 2.07. The van der Waals surface area contributed by atoms with Crippen molar-refractivity contribution in [3.63, 3.8) is 0 Å². The summed E-state index contributed by atoms with van der Waals surface area (Å²) in [5, 5.41) is 3.35. The molecule has 0 amide bonds. The van der Waals surface area contributed by atoms with Gasteiger partial charge in [0.05, 0.1) is 0 Å². The zero-order valence-electron chi connectivity index (χ0n) is 8.59. The van der Waals surface area contributed by atoms with E-state index in [1.165, 1.54) is 18.4 Å². The van der Waals surface area contributed by atoms with E-state index >= 15 is 0 Å². The zero-order chi connectivity index (χ0) is 9.97. The van der Waals surface area contributed by atoms with E-state index in [0.717, 1.165) is 24.6 Å². The Kier molecular flexibility index (Phi) is 2.68. The first-order chi connectivity index (χ1) is 6.77. The molecular formula is C11H17N3. The normalized spacial score (nSPS) is 18.4. The van der Waals surface area contributed by atoms with Crippen molar-refractivity contribution in [3.05, 3.63) is 23.4 Å². The third kappa shape index (κ3) is 1.87. The molecule has 1 fully saturated rings. The van der Waals surface area contributed by atoms with Crippen molar-refractivity contribution in [2.45, 2.75) is 25.7 Å². The molecule has 2 rings (SSSR count). The number of pyridine rings is 1. The zero-order valence-corrected chi connectivity index (χ0v) is 8.59. The van der Waals surface area contributed by atoms with E-state index < -0.39 is 0 Å². The van der Waals surface area contributed by atoms with Crippen LogP contribution in [-0.4, -0.2) is 18.1 Å². The summed E-state index contributed by atoms with van der Waals surface area (Å²) in [6, 6.07) is 4.18. The minimum absolute atomic E-state index is 0.601. The predicted octanol–water partition coefficient (Wildman–Crippen LogP) is 1.44. The van der Waals surface area contributed by atoms with Crippen LogP contribution in [0.15, 0.2) is 12.1 Å². The van der Waals surface area contributed by atoms with Crippen molar-refractivity contribution in [1.82, 2.24) is 10.3 Å². The SMILES string of the molecule is Cc1ccc(C2CCNCC2)c(N)n1. The second kappa shape index (κ2) is 3.96. The molecule has 3 nitrogen and oxygen atoms in total. The minimum atomic E-state index is 0.601. The largest absolute Gasteiger partial charge is 0.383 e. The predicted molar refractivity (Wildman–Crippen MR) is 58.2 cm³/mol. The van der Waals surface area contributed by atoms with Gasteiger partial charge in [-0.25, -0.2) is 4.98 Å². The monoisotopic (exact) mass is 191 g/mol. The Labute approximate surface area is 84.7 Å². The van der Waals surface area contributed by atoms with Crippen LogP contribution in [0.2, 0.25) is 0 Å². The summed E-state index contributed by atoms with van der Waals surface area (Å²) in [7, 11) is 0. The number of nitrogens with two attached hydrogens (primary N) is 1. The molecule has 0 unspecified atom stereocenters. The van der Waals surface area contributed by atoms with Gasteiger partial charge in [0.1, 0.15) is 5.82 Å². The molecule has 0 spiro atoms. The van der Waals surface area contributed by atoms with E-state index in [2.05, 4.69) is 16.4 Å². The second-order valence-corrected chi connectivity index (χ2v) is 3.95. The summed E-state index contributed by atoms with van der Waals surface area (Å²) in [6.45, 7) is 4.17. The molecule has 0 aromatic carbocycles. The van der Waals surface area contributed by atoms with Crippen LogP contribution >= 0.6 is 0 Å². The number of aromatic nitrogens is 1. The number of anilines is 1. The van der Waals surface area contributed by atoms with Gasteiger partial charge in [-0.15, -0.1) is 0 Å². The molecule has 3 N–H and O–H groups in total. The number of aryl methyl sites for hydroxylation is 1. The molecule has 0 atom stereocenters. The third-order valence-electron chi connectivity index (χ3n) is 2.88. The summed E-state index contributed by atoms with van der Waals surface area (Å²) in [6.07, 6.45) is 2.35. The molecule has 0 aliphatic carbocycles. The number of nitrogen functional groups attached to an aromatic ring is 1. The third-order valence-corrected chi connectivity index (χ3v) is 2.88. The van der Waals surface area contributed by atoms with E-state index in [0.29, 0.717) is 5.92 Å². The van der Waals surface area contributed by atoms with Crippen molar-refractivity contribution in [3.8, 4) is 0 Å². The fraction of sp³-hybridized carbons (Fsp3) is 0.545. The lowest BCUT2D eigenvalue weighted by atomic mass is 9.90. The molecule has 0 radical (unpaired) electrons. The van der Waals surface area contributed by atoms with Gasteiger partial charge in [0.25, 0.3) is 0 Å². The lowest BCUT2D eigenvalue weighted by Crippen LogP contribution is -2.27. The Bertz CT molecular complexity index is 316. The molecule has 3 heteroatoms. The van der Waals surface area contributed by atoms with Crippen LogP contribution in [0.1, 0.15) is 30.0 Å². The fourth-order valence-electron chi connectivity index (χ4n) is 2.07. The molecule has 1 aliphatic rings. The molecule has 1 aliphatic heterocycles. The lowest BCUT2D eigenvalue weighted by molar-refractivity contribution is 0.460. The first-order valence-corrected chi connectivity index (χ1v) is 5.21. The Morgan fingerprint density at radius 1 is 1.36 bits per heavy atom. The number of hydrogen-bond acceptors (Lipinski definition) is 3. The van der Waals surface area contributed by atoms with Gasteiger partial charge in [-0.3, -0.25) is 0 Å². The van der Waals surface area contributed by atoms with Crippen molar-refractivity contribution >= 4 is 5.82 Å². The maximum atomic E-state index is 5.92. The number of nitrogens with one attached hydrogen (secondary N) is 1. The van der Waals surface area contributed by atoms with E-state index in [1.807, 2.05) is 13.0 Å².